The lowest BCUT2D eigenvalue weighted by Crippen LogP contribution is -2.44. The third-order valence-corrected chi connectivity index (χ3v) is 4.56. The van der Waals surface area contributed by atoms with Gasteiger partial charge in [0, 0.05) is 38.0 Å². The number of amides is 1. The Hall–Kier alpha value is -3.16. The van der Waals surface area contributed by atoms with E-state index in [2.05, 4.69) is 22.0 Å². The third kappa shape index (κ3) is 7.55. The zero-order chi connectivity index (χ0) is 22.1. The van der Waals surface area contributed by atoms with Crippen molar-refractivity contribution in [2.75, 3.05) is 26.2 Å². The van der Waals surface area contributed by atoms with Crippen LogP contribution in [-0.4, -0.2) is 43.9 Å². The highest BCUT2D eigenvalue weighted by atomic mass is 16.6. The maximum Gasteiger partial charge on any atom is 0.407 e. The van der Waals surface area contributed by atoms with E-state index in [0.29, 0.717) is 38.6 Å². The highest BCUT2D eigenvalue weighted by Crippen LogP contribution is 2.31. The second kappa shape index (κ2) is 10.7. The Labute approximate surface area is 183 Å². The van der Waals surface area contributed by atoms with E-state index in [1.54, 1.807) is 6.26 Å². The topological polar surface area (TPSA) is 97.1 Å². The van der Waals surface area contributed by atoms with Gasteiger partial charge in [-0.2, -0.15) is 0 Å². The summed E-state index contributed by atoms with van der Waals surface area (Å²) in [7, 11) is 0. The number of fused-ring (bicyclic) bond motifs is 1. The molecule has 1 amide bonds. The number of hydrogen-bond donors (Lipinski definition) is 3. The molecule has 1 aliphatic heterocycles. The van der Waals surface area contributed by atoms with Crippen LogP contribution in [0.1, 0.15) is 44.6 Å². The van der Waals surface area contributed by atoms with Crippen molar-refractivity contribution in [3.63, 3.8) is 0 Å². The van der Waals surface area contributed by atoms with Crippen LogP contribution in [0.3, 0.4) is 0 Å². The number of rotatable bonds is 7. The number of guanidine groups is 1. The van der Waals surface area contributed by atoms with Gasteiger partial charge in [0.15, 0.2) is 5.96 Å². The summed E-state index contributed by atoms with van der Waals surface area (Å²) in [6.07, 6.45) is 2.78. The molecule has 1 atom stereocenters. The Morgan fingerprint density at radius 1 is 1.16 bits per heavy atom. The number of ether oxygens (including phenoxy) is 2. The van der Waals surface area contributed by atoms with Crippen LogP contribution in [0.15, 0.2) is 52.1 Å². The molecule has 1 unspecified atom stereocenters. The molecule has 168 valence electrons. The number of para-hydroxylation sites is 1. The summed E-state index contributed by atoms with van der Waals surface area (Å²) in [4.78, 5) is 16.5. The lowest BCUT2D eigenvalue weighted by atomic mass is 10.0. The second-order valence-electron chi connectivity index (χ2n) is 8.29. The Morgan fingerprint density at radius 3 is 2.74 bits per heavy atom. The molecule has 0 radical (unpaired) electrons. The molecule has 0 spiro atoms. The molecule has 1 aromatic heterocycles. The van der Waals surface area contributed by atoms with Gasteiger partial charge in [0.1, 0.15) is 17.1 Å². The first kappa shape index (κ1) is 22.5. The number of nitrogens with one attached hydrogen (secondary N) is 3. The van der Waals surface area contributed by atoms with Gasteiger partial charge in [-0.25, -0.2) is 4.79 Å². The average Bonchev–Trinajstić information content (AvgIpc) is 3.23. The van der Waals surface area contributed by atoms with Crippen molar-refractivity contribution in [1.82, 2.24) is 16.0 Å². The van der Waals surface area contributed by atoms with Gasteiger partial charge in [0.05, 0.1) is 18.9 Å². The first-order chi connectivity index (χ1) is 14.9. The summed E-state index contributed by atoms with van der Waals surface area (Å²) in [6.45, 7) is 7.66. The molecule has 31 heavy (non-hydrogen) atoms. The number of aliphatic imine (C=N–C) groups is 1. The van der Waals surface area contributed by atoms with Crippen molar-refractivity contribution >= 4 is 12.1 Å². The van der Waals surface area contributed by atoms with Crippen molar-refractivity contribution < 1.29 is 18.7 Å². The Bertz CT molecular complexity index is 859. The molecule has 2 heterocycles. The van der Waals surface area contributed by atoms with Crippen LogP contribution in [0.5, 0.6) is 5.75 Å². The van der Waals surface area contributed by atoms with Crippen molar-refractivity contribution in [1.29, 1.82) is 0 Å². The van der Waals surface area contributed by atoms with Gasteiger partial charge in [-0.05, 0) is 39.0 Å². The molecule has 8 nitrogen and oxygen atoms in total. The van der Waals surface area contributed by atoms with E-state index in [9.17, 15) is 4.79 Å². The van der Waals surface area contributed by atoms with Gasteiger partial charge in [0.25, 0.3) is 0 Å². The molecular formula is C23H32N4O4. The summed E-state index contributed by atoms with van der Waals surface area (Å²) in [5.74, 6) is 2.47. The quantitative estimate of drug-likeness (QED) is 0.355. The summed E-state index contributed by atoms with van der Waals surface area (Å²) in [5, 5.41) is 9.55. The largest absolute Gasteiger partial charge is 0.493 e. The van der Waals surface area contributed by atoms with Gasteiger partial charge in [-0.3, -0.25) is 4.99 Å². The summed E-state index contributed by atoms with van der Waals surface area (Å²) >= 11 is 0. The number of benzene rings is 1. The van der Waals surface area contributed by atoms with E-state index in [1.165, 1.54) is 0 Å². The number of furan rings is 1. The first-order valence-corrected chi connectivity index (χ1v) is 10.7. The highest BCUT2D eigenvalue weighted by molar-refractivity contribution is 5.80. The zero-order valence-electron chi connectivity index (χ0n) is 18.4. The van der Waals surface area contributed by atoms with Crippen molar-refractivity contribution in [3.8, 4) is 5.75 Å². The van der Waals surface area contributed by atoms with Crippen LogP contribution in [0.25, 0.3) is 0 Å². The molecule has 0 fully saturated rings. The van der Waals surface area contributed by atoms with Crippen molar-refractivity contribution in [2.45, 2.75) is 45.3 Å². The maximum atomic E-state index is 11.8. The van der Waals surface area contributed by atoms with Crippen LogP contribution in [0.2, 0.25) is 0 Å². The first-order valence-electron chi connectivity index (χ1n) is 10.7. The minimum atomic E-state index is -0.520. The fourth-order valence-electron chi connectivity index (χ4n) is 3.20. The second-order valence-corrected chi connectivity index (χ2v) is 8.29. The van der Waals surface area contributed by atoms with Crippen LogP contribution >= 0.6 is 0 Å². The fourth-order valence-corrected chi connectivity index (χ4v) is 3.20. The molecule has 2 aromatic rings. The normalized spacial score (nSPS) is 16.1. The molecule has 0 saturated carbocycles. The smallest absolute Gasteiger partial charge is 0.407 e. The van der Waals surface area contributed by atoms with E-state index < -0.39 is 11.7 Å². The van der Waals surface area contributed by atoms with Crippen LogP contribution < -0.4 is 20.7 Å². The summed E-state index contributed by atoms with van der Waals surface area (Å²) in [5.41, 5.74) is 0.592. The van der Waals surface area contributed by atoms with E-state index >= 15 is 0 Å². The molecule has 3 rings (SSSR count). The third-order valence-electron chi connectivity index (χ3n) is 4.56. The maximum absolute atomic E-state index is 11.8. The van der Waals surface area contributed by atoms with Crippen molar-refractivity contribution in [3.05, 3.63) is 54.0 Å². The lowest BCUT2D eigenvalue weighted by molar-refractivity contribution is 0.0529. The number of carbonyl (C=O) groups is 1. The molecule has 1 aliphatic rings. The molecule has 3 N–H and O–H groups in total. The predicted octanol–water partition coefficient (Wildman–Crippen LogP) is 3.41. The van der Waals surface area contributed by atoms with Gasteiger partial charge in [0.2, 0.25) is 0 Å². The molecule has 0 saturated heterocycles. The molecule has 1 aromatic carbocycles. The molecular weight excluding hydrogens is 396 g/mol. The number of hydrogen-bond acceptors (Lipinski definition) is 5. The molecule has 0 aliphatic carbocycles. The number of nitrogens with zero attached hydrogens (tertiary/aromatic N) is 1. The number of alkyl carbamates (subject to hydrolysis) is 1. The van der Waals surface area contributed by atoms with E-state index in [0.717, 1.165) is 23.5 Å². The van der Waals surface area contributed by atoms with Crippen LogP contribution in [-0.2, 0) is 11.2 Å². The minimum Gasteiger partial charge on any atom is -0.493 e. The Morgan fingerprint density at radius 2 is 1.97 bits per heavy atom. The van der Waals surface area contributed by atoms with Crippen LogP contribution in [0, 0.1) is 0 Å². The van der Waals surface area contributed by atoms with Crippen molar-refractivity contribution in [2.24, 2.45) is 4.99 Å². The van der Waals surface area contributed by atoms with Crippen LogP contribution in [0.4, 0.5) is 4.79 Å². The van der Waals surface area contributed by atoms with Gasteiger partial charge in [-0.1, -0.05) is 18.2 Å². The minimum absolute atomic E-state index is 0.0960. The predicted molar refractivity (Wildman–Crippen MR) is 119 cm³/mol. The van der Waals surface area contributed by atoms with E-state index in [4.69, 9.17) is 18.9 Å². The standard InChI is InChI=1S/C23H32N4O4/c1-23(2,3)31-22(28)26-14-13-25-21(24-12-10-17-7-6-15-29-17)27-19-11-16-30-20-9-5-4-8-18(19)20/h4-9,15,19H,10-14,16H2,1-3H3,(H,26,28)(H2,24,25,27). The zero-order valence-corrected chi connectivity index (χ0v) is 18.4. The van der Waals surface area contributed by atoms with Gasteiger partial charge < -0.3 is 29.8 Å². The summed E-state index contributed by atoms with van der Waals surface area (Å²) in [6, 6.07) is 11.9. The number of carbonyl (C=O) groups excluding carboxylic acids is 1. The Balaban J connectivity index is 1.57. The summed E-state index contributed by atoms with van der Waals surface area (Å²) < 4.78 is 16.4. The lowest BCUT2D eigenvalue weighted by Gasteiger charge is -2.28. The van der Waals surface area contributed by atoms with E-state index in [-0.39, 0.29) is 6.04 Å². The average molecular weight is 429 g/mol. The highest BCUT2D eigenvalue weighted by Gasteiger charge is 2.22. The molecule has 8 heteroatoms. The fraction of sp³-hybridized carbons (Fsp3) is 0.478. The van der Waals surface area contributed by atoms with Gasteiger partial charge >= 0.3 is 6.09 Å². The van der Waals surface area contributed by atoms with E-state index in [1.807, 2.05) is 51.1 Å². The Kier molecular flexibility index (Phi) is 7.81. The SMILES string of the molecule is CC(C)(C)OC(=O)NCCNC(=NCCc1ccco1)NC1CCOc2ccccc21. The molecule has 0 bridgehead atoms. The van der Waals surface area contributed by atoms with Gasteiger partial charge in [-0.15, -0.1) is 0 Å². The monoisotopic (exact) mass is 428 g/mol.